The van der Waals surface area contributed by atoms with Crippen LogP contribution >= 0.6 is 0 Å². The number of hydrogen-bond donors (Lipinski definition) is 1. The van der Waals surface area contributed by atoms with Crippen LogP contribution in [0.3, 0.4) is 0 Å². The number of aromatic nitrogens is 1. The Hall–Kier alpha value is -3.54. The third-order valence-electron chi connectivity index (χ3n) is 4.53. The molecule has 0 aliphatic carbocycles. The molecule has 0 fully saturated rings. The fourth-order valence-corrected chi connectivity index (χ4v) is 3.24. The molecular weight excluding hydrogens is 330 g/mol. The molecule has 26 heavy (non-hydrogen) atoms. The minimum atomic E-state index is -0.115. The number of fused-ring (bicyclic) bond motifs is 3. The van der Waals surface area contributed by atoms with Gasteiger partial charge in [0.25, 0.3) is 5.91 Å². The van der Waals surface area contributed by atoms with Crippen molar-refractivity contribution in [2.24, 2.45) is 0 Å². The first kappa shape index (κ1) is 14.8. The van der Waals surface area contributed by atoms with E-state index in [9.17, 15) is 4.79 Å². The van der Waals surface area contributed by atoms with Crippen LogP contribution in [0.2, 0.25) is 0 Å². The van der Waals surface area contributed by atoms with Crippen molar-refractivity contribution in [3.05, 3.63) is 72.1 Å². The molecule has 5 rings (SSSR count). The van der Waals surface area contributed by atoms with Gasteiger partial charge < -0.3 is 19.7 Å². The van der Waals surface area contributed by atoms with Gasteiger partial charge in [0.2, 0.25) is 6.79 Å². The van der Waals surface area contributed by atoms with Crippen molar-refractivity contribution in [3.8, 4) is 11.5 Å². The number of para-hydroxylation sites is 2. The summed E-state index contributed by atoms with van der Waals surface area (Å²) in [5, 5.41) is 3.38. The molecule has 3 heterocycles. The third-order valence-corrected chi connectivity index (χ3v) is 4.53. The Morgan fingerprint density at radius 3 is 2.81 bits per heavy atom. The first-order chi connectivity index (χ1) is 12.8. The van der Waals surface area contributed by atoms with Gasteiger partial charge in [-0.1, -0.05) is 12.1 Å². The number of carbonyl (C=O) groups is 1. The molecule has 0 saturated heterocycles. The van der Waals surface area contributed by atoms with E-state index < -0.39 is 0 Å². The van der Waals surface area contributed by atoms with Crippen LogP contribution in [0, 0.1) is 0 Å². The summed E-state index contributed by atoms with van der Waals surface area (Å²) in [7, 11) is 0. The number of nitrogens with one attached hydrogen (secondary N) is 1. The van der Waals surface area contributed by atoms with Gasteiger partial charge >= 0.3 is 0 Å². The molecule has 6 heteroatoms. The van der Waals surface area contributed by atoms with Gasteiger partial charge in [0.1, 0.15) is 0 Å². The quantitative estimate of drug-likeness (QED) is 0.728. The fraction of sp³-hybridized carbons (Fsp3) is 0.100. The minimum Gasteiger partial charge on any atom is -0.454 e. The van der Waals surface area contributed by atoms with E-state index in [0.717, 1.165) is 22.8 Å². The number of nitrogens with zero attached hydrogens (tertiary/aromatic N) is 2. The van der Waals surface area contributed by atoms with Gasteiger partial charge in [-0.3, -0.25) is 9.78 Å². The Morgan fingerprint density at radius 1 is 1.00 bits per heavy atom. The molecule has 0 unspecified atom stereocenters. The topological polar surface area (TPSA) is 63.7 Å². The Labute approximate surface area is 150 Å². The van der Waals surface area contributed by atoms with E-state index in [4.69, 9.17) is 9.47 Å². The molecule has 2 aromatic carbocycles. The molecule has 0 radical (unpaired) electrons. The predicted molar refractivity (Wildman–Crippen MR) is 97.0 cm³/mol. The summed E-state index contributed by atoms with van der Waals surface area (Å²) in [5.41, 5.74) is 3.95. The first-order valence-corrected chi connectivity index (χ1v) is 8.31. The van der Waals surface area contributed by atoms with Crippen molar-refractivity contribution < 1.29 is 14.3 Å². The zero-order valence-corrected chi connectivity index (χ0v) is 13.8. The summed E-state index contributed by atoms with van der Waals surface area (Å²) < 4.78 is 10.7. The molecule has 0 saturated carbocycles. The molecule has 0 bridgehead atoms. The number of amides is 1. The van der Waals surface area contributed by atoms with Crippen LogP contribution in [0.4, 0.5) is 17.1 Å². The van der Waals surface area contributed by atoms with Crippen LogP contribution in [-0.4, -0.2) is 17.7 Å². The largest absolute Gasteiger partial charge is 0.454 e. The highest BCUT2D eigenvalue weighted by molar-refractivity contribution is 6.08. The number of hydrogen-bond acceptors (Lipinski definition) is 5. The van der Waals surface area contributed by atoms with Crippen LogP contribution in [0.5, 0.6) is 11.5 Å². The highest BCUT2D eigenvalue weighted by Crippen LogP contribution is 2.37. The average molecular weight is 345 g/mol. The molecular formula is C20H15N3O3. The standard InChI is InChI=1S/C20H15N3O3/c24-20(13-7-8-18-19(10-13)26-12-25-18)23-11-16-14(5-3-9-21-16)22-15-4-1-2-6-17(15)23/h1-10,22H,11-12H2. The van der Waals surface area contributed by atoms with Gasteiger partial charge in [-0.15, -0.1) is 0 Å². The molecule has 1 amide bonds. The zero-order valence-electron chi connectivity index (χ0n) is 13.8. The number of ether oxygens (including phenoxy) is 2. The summed E-state index contributed by atoms with van der Waals surface area (Å²) in [5.74, 6) is 1.14. The lowest BCUT2D eigenvalue weighted by atomic mass is 10.1. The van der Waals surface area contributed by atoms with E-state index in [-0.39, 0.29) is 12.7 Å². The molecule has 6 nitrogen and oxygen atoms in total. The fourth-order valence-electron chi connectivity index (χ4n) is 3.24. The third kappa shape index (κ3) is 2.35. The van der Waals surface area contributed by atoms with Crippen molar-refractivity contribution in [1.82, 2.24) is 4.98 Å². The summed E-state index contributed by atoms with van der Waals surface area (Å²) in [4.78, 5) is 19.5. The van der Waals surface area contributed by atoms with E-state index in [0.29, 0.717) is 23.6 Å². The zero-order chi connectivity index (χ0) is 17.5. The Kier molecular flexibility index (Phi) is 3.28. The van der Waals surface area contributed by atoms with Crippen molar-refractivity contribution in [3.63, 3.8) is 0 Å². The second kappa shape index (κ2) is 5.77. The van der Waals surface area contributed by atoms with Gasteiger partial charge in [-0.2, -0.15) is 0 Å². The van der Waals surface area contributed by atoms with Gasteiger partial charge in [0, 0.05) is 11.8 Å². The lowest BCUT2D eigenvalue weighted by Crippen LogP contribution is -2.30. The van der Waals surface area contributed by atoms with E-state index in [1.54, 1.807) is 29.3 Å². The Balaban J connectivity index is 1.60. The lowest BCUT2D eigenvalue weighted by molar-refractivity contribution is 0.0984. The number of anilines is 3. The second-order valence-corrected chi connectivity index (χ2v) is 6.10. The molecule has 0 atom stereocenters. The Morgan fingerprint density at radius 2 is 1.85 bits per heavy atom. The van der Waals surface area contributed by atoms with Crippen LogP contribution in [0.25, 0.3) is 0 Å². The van der Waals surface area contributed by atoms with E-state index in [1.807, 2.05) is 36.4 Å². The highest BCUT2D eigenvalue weighted by Gasteiger charge is 2.26. The molecule has 2 aliphatic heterocycles. The number of rotatable bonds is 1. The maximum absolute atomic E-state index is 13.3. The van der Waals surface area contributed by atoms with Gasteiger partial charge in [-0.05, 0) is 42.5 Å². The minimum absolute atomic E-state index is 0.115. The number of carbonyl (C=O) groups excluding carboxylic acids is 1. The monoisotopic (exact) mass is 345 g/mol. The van der Waals surface area contributed by atoms with Gasteiger partial charge in [-0.25, -0.2) is 0 Å². The maximum Gasteiger partial charge on any atom is 0.258 e. The average Bonchev–Trinajstić information content (AvgIpc) is 3.08. The first-order valence-electron chi connectivity index (χ1n) is 8.31. The predicted octanol–water partition coefficient (Wildman–Crippen LogP) is 3.71. The SMILES string of the molecule is O=C(c1ccc2c(c1)OCO2)N1Cc2ncccc2Nc2ccccc21. The van der Waals surface area contributed by atoms with Crippen LogP contribution in [-0.2, 0) is 6.54 Å². The highest BCUT2D eigenvalue weighted by atomic mass is 16.7. The Bertz CT molecular complexity index is 1020. The van der Waals surface area contributed by atoms with Crippen LogP contribution in [0.15, 0.2) is 60.8 Å². The molecule has 1 aromatic heterocycles. The summed E-state index contributed by atoms with van der Waals surface area (Å²) in [6, 6.07) is 16.8. The molecule has 2 aliphatic rings. The van der Waals surface area contributed by atoms with Crippen molar-refractivity contribution in [2.75, 3.05) is 17.0 Å². The van der Waals surface area contributed by atoms with Crippen molar-refractivity contribution in [1.29, 1.82) is 0 Å². The number of pyridine rings is 1. The second-order valence-electron chi connectivity index (χ2n) is 6.10. The van der Waals surface area contributed by atoms with E-state index in [1.165, 1.54) is 0 Å². The molecule has 0 spiro atoms. The maximum atomic E-state index is 13.3. The summed E-state index contributed by atoms with van der Waals surface area (Å²) in [6.07, 6.45) is 1.74. The molecule has 3 aromatic rings. The van der Waals surface area contributed by atoms with Crippen molar-refractivity contribution >= 4 is 23.0 Å². The van der Waals surface area contributed by atoms with Crippen LogP contribution < -0.4 is 19.7 Å². The summed E-state index contributed by atoms with van der Waals surface area (Å²) >= 11 is 0. The smallest absolute Gasteiger partial charge is 0.258 e. The van der Waals surface area contributed by atoms with Gasteiger partial charge in [0.15, 0.2) is 11.5 Å². The van der Waals surface area contributed by atoms with E-state index >= 15 is 0 Å². The van der Waals surface area contributed by atoms with Gasteiger partial charge in [0.05, 0.1) is 29.3 Å². The lowest BCUT2D eigenvalue weighted by Gasteiger charge is -2.22. The van der Waals surface area contributed by atoms with E-state index in [2.05, 4.69) is 10.3 Å². The van der Waals surface area contributed by atoms with Crippen LogP contribution in [0.1, 0.15) is 16.1 Å². The normalized spacial score (nSPS) is 14.1. The number of benzene rings is 2. The molecule has 1 N–H and O–H groups in total. The summed E-state index contributed by atoms with van der Waals surface area (Å²) in [6.45, 7) is 0.564. The van der Waals surface area contributed by atoms with Crippen molar-refractivity contribution in [2.45, 2.75) is 6.54 Å². The molecule has 128 valence electrons.